The highest BCUT2D eigenvalue weighted by molar-refractivity contribution is 5.90. The van der Waals surface area contributed by atoms with Gasteiger partial charge >= 0.3 is 5.97 Å². The molecule has 0 amide bonds. The summed E-state index contributed by atoms with van der Waals surface area (Å²) in [6.07, 6.45) is 4.94. The van der Waals surface area contributed by atoms with Gasteiger partial charge in [-0.3, -0.25) is 0 Å². The fraction of sp³-hybridized carbons (Fsp3) is 0.250. The molecule has 1 unspecified atom stereocenters. The summed E-state index contributed by atoms with van der Waals surface area (Å²) >= 11 is 0. The normalized spacial score (nSPS) is 17.3. The minimum Gasteiger partial charge on any atom is -0.478 e. The summed E-state index contributed by atoms with van der Waals surface area (Å²) < 4.78 is 2.06. The highest BCUT2D eigenvalue weighted by Gasteiger charge is 2.13. The van der Waals surface area contributed by atoms with Gasteiger partial charge in [-0.25, -0.2) is 9.78 Å². The molecule has 0 radical (unpaired) electrons. The van der Waals surface area contributed by atoms with E-state index in [0.717, 1.165) is 16.9 Å². The molecule has 0 saturated carbocycles. The third kappa shape index (κ3) is 2.87. The summed E-state index contributed by atoms with van der Waals surface area (Å²) in [6, 6.07) is 7.97. The van der Waals surface area contributed by atoms with Crippen molar-refractivity contribution in [2.75, 3.05) is 6.54 Å². The predicted molar refractivity (Wildman–Crippen MR) is 84.2 cm³/mol. The molecular weight excluding hydrogens is 280 g/mol. The number of aryl methyl sites for hydroxylation is 1. The minimum atomic E-state index is -0.905. The number of nitrogens with zero attached hydrogens (tertiary/aromatic N) is 2. The van der Waals surface area contributed by atoms with Gasteiger partial charge in [0.2, 0.25) is 0 Å². The number of hydrogen-bond donors (Lipinski definition) is 3. The number of benzene rings is 1. The van der Waals surface area contributed by atoms with Crippen LogP contribution < -0.4 is 10.6 Å². The van der Waals surface area contributed by atoms with Crippen molar-refractivity contribution in [3.05, 3.63) is 54.0 Å². The first-order valence-electron chi connectivity index (χ1n) is 7.14. The molecular formula is C16H18N4O2. The zero-order valence-electron chi connectivity index (χ0n) is 12.3. The maximum Gasteiger partial charge on any atom is 0.335 e. The Morgan fingerprint density at radius 1 is 1.45 bits per heavy atom. The van der Waals surface area contributed by atoms with Crippen LogP contribution in [-0.4, -0.2) is 33.2 Å². The predicted octanol–water partition coefficient (Wildman–Crippen LogP) is 1.16. The van der Waals surface area contributed by atoms with Crippen molar-refractivity contribution in [3.8, 4) is 0 Å². The first-order valence-corrected chi connectivity index (χ1v) is 7.14. The summed E-state index contributed by atoms with van der Waals surface area (Å²) in [5, 5.41) is 15.4. The lowest BCUT2D eigenvalue weighted by atomic mass is 10.1. The van der Waals surface area contributed by atoms with E-state index >= 15 is 0 Å². The first kappa shape index (κ1) is 14.3. The molecule has 114 valence electrons. The number of hydrogen-bond acceptors (Lipinski definition) is 4. The fourth-order valence-corrected chi connectivity index (χ4v) is 2.54. The molecule has 3 rings (SSSR count). The van der Waals surface area contributed by atoms with E-state index in [-0.39, 0.29) is 6.04 Å². The minimum absolute atomic E-state index is 0.0363. The van der Waals surface area contributed by atoms with Crippen LogP contribution >= 0.6 is 0 Å². The SMILES string of the molecule is Cn1c(CNCC2C=C(C(=O)O)C=CN2)nc2ccccc21. The second kappa shape index (κ2) is 6.03. The van der Waals surface area contributed by atoms with Crippen molar-refractivity contribution in [3.63, 3.8) is 0 Å². The van der Waals surface area contributed by atoms with Crippen molar-refractivity contribution in [1.29, 1.82) is 0 Å². The standard InChI is InChI=1S/C16H18N4O2/c1-20-14-5-3-2-4-13(14)19-15(20)10-17-9-12-8-11(16(21)22)6-7-18-12/h2-8,12,17-18H,9-10H2,1H3,(H,21,22). The van der Waals surface area contributed by atoms with Gasteiger partial charge in [0.25, 0.3) is 0 Å². The maximum absolute atomic E-state index is 11.0. The van der Waals surface area contributed by atoms with E-state index in [4.69, 9.17) is 5.11 Å². The highest BCUT2D eigenvalue weighted by atomic mass is 16.4. The average Bonchev–Trinajstić information content (AvgIpc) is 2.85. The molecule has 1 aromatic heterocycles. The van der Waals surface area contributed by atoms with Crippen molar-refractivity contribution in [1.82, 2.24) is 20.2 Å². The van der Waals surface area contributed by atoms with Crippen molar-refractivity contribution >= 4 is 17.0 Å². The lowest BCUT2D eigenvalue weighted by Gasteiger charge is -2.18. The molecule has 2 aromatic rings. The molecule has 1 aliphatic rings. The molecule has 22 heavy (non-hydrogen) atoms. The van der Waals surface area contributed by atoms with Gasteiger partial charge in [0.15, 0.2) is 0 Å². The number of fused-ring (bicyclic) bond motifs is 1. The number of nitrogens with one attached hydrogen (secondary N) is 2. The summed E-state index contributed by atoms with van der Waals surface area (Å²) in [5.41, 5.74) is 2.40. The second-order valence-corrected chi connectivity index (χ2v) is 5.24. The Bertz CT molecular complexity index is 761. The third-order valence-corrected chi connectivity index (χ3v) is 3.73. The van der Waals surface area contributed by atoms with Gasteiger partial charge in [0.05, 0.1) is 29.2 Å². The molecule has 1 aliphatic heterocycles. The number of imidazole rings is 1. The van der Waals surface area contributed by atoms with Crippen LogP contribution in [-0.2, 0) is 18.4 Å². The highest BCUT2D eigenvalue weighted by Crippen LogP contribution is 2.14. The molecule has 0 bridgehead atoms. The van der Waals surface area contributed by atoms with Gasteiger partial charge in [-0.05, 0) is 30.5 Å². The monoisotopic (exact) mass is 298 g/mol. The zero-order chi connectivity index (χ0) is 15.5. The quantitative estimate of drug-likeness (QED) is 0.772. The Labute approximate surface area is 128 Å². The van der Waals surface area contributed by atoms with Crippen molar-refractivity contribution in [2.45, 2.75) is 12.6 Å². The van der Waals surface area contributed by atoms with Crippen LogP contribution in [0.15, 0.2) is 48.2 Å². The van der Waals surface area contributed by atoms with E-state index in [1.54, 1.807) is 18.4 Å². The van der Waals surface area contributed by atoms with E-state index in [1.807, 2.05) is 31.3 Å². The second-order valence-electron chi connectivity index (χ2n) is 5.24. The van der Waals surface area contributed by atoms with Gasteiger partial charge in [0.1, 0.15) is 5.82 Å². The van der Waals surface area contributed by atoms with Gasteiger partial charge in [-0.1, -0.05) is 12.1 Å². The lowest BCUT2D eigenvalue weighted by molar-refractivity contribution is -0.132. The number of aliphatic carboxylic acids is 1. The zero-order valence-corrected chi connectivity index (χ0v) is 12.3. The van der Waals surface area contributed by atoms with E-state index in [1.165, 1.54) is 0 Å². The van der Waals surface area contributed by atoms with E-state index in [2.05, 4.69) is 20.2 Å². The summed E-state index contributed by atoms with van der Waals surface area (Å²) in [6.45, 7) is 1.26. The summed E-state index contributed by atoms with van der Waals surface area (Å²) in [7, 11) is 2.00. The van der Waals surface area contributed by atoms with Crippen LogP contribution in [0.2, 0.25) is 0 Å². The molecule has 2 heterocycles. The Hall–Kier alpha value is -2.60. The number of carbonyl (C=O) groups is 1. The fourth-order valence-electron chi connectivity index (χ4n) is 2.54. The smallest absolute Gasteiger partial charge is 0.335 e. The Morgan fingerprint density at radius 3 is 3.05 bits per heavy atom. The van der Waals surface area contributed by atoms with Gasteiger partial charge < -0.3 is 20.3 Å². The van der Waals surface area contributed by atoms with Crippen LogP contribution in [0.3, 0.4) is 0 Å². The van der Waals surface area contributed by atoms with Gasteiger partial charge in [-0.2, -0.15) is 0 Å². The van der Waals surface area contributed by atoms with E-state index in [9.17, 15) is 4.79 Å². The van der Waals surface area contributed by atoms with Crippen LogP contribution in [0.4, 0.5) is 0 Å². The lowest BCUT2D eigenvalue weighted by Crippen LogP contribution is -2.36. The molecule has 0 fully saturated rings. The number of dihydropyridines is 1. The Morgan fingerprint density at radius 2 is 2.27 bits per heavy atom. The molecule has 0 spiro atoms. The van der Waals surface area contributed by atoms with Gasteiger partial charge in [0, 0.05) is 13.6 Å². The van der Waals surface area contributed by atoms with Crippen LogP contribution in [0.5, 0.6) is 0 Å². The largest absolute Gasteiger partial charge is 0.478 e. The topological polar surface area (TPSA) is 79.2 Å². The number of aromatic nitrogens is 2. The molecule has 0 saturated heterocycles. The summed E-state index contributed by atoms with van der Waals surface area (Å²) in [4.78, 5) is 15.6. The molecule has 1 atom stereocenters. The summed E-state index contributed by atoms with van der Waals surface area (Å²) in [5.74, 6) is 0.0492. The molecule has 3 N–H and O–H groups in total. The van der Waals surface area contributed by atoms with Crippen molar-refractivity contribution in [2.24, 2.45) is 7.05 Å². The van der Waals surface area contributed by atoms with Crippen LogP contribution in [0.25, 0.3) is 11.0 Å². The van der Waals surface area contributed by atoms with Gasteiger partial charge in [-0.15, -0.1) is 0 Å². The molecule has 0 aliphatic carbocycles. The number of carboxylic acid groups (broad SMARTS) is 1. The molecule has 1 aromatic carbocycles. The maximum atomic E-state index is 11.0. The number of para-hydroxylation sites is 2. The number of carboxylic acids is 1. The first-order chi connectivity index (χ1) is 10.6. The number of rotatable bonds is 5. The van der Waals surface area contributed by atoms with Crippen LogP contribution in [0, 0.1) is 0 Å². The Kier molecular flexibility index (Phi) is 3.93. The Balaban J connectivity index is 1.62. The molecule has 6 heteroatoms. The van der Waals surface area contributed by atoms with E-state index in [0.29, 0.717) is 18.7 Å². The average molecular weight is 298 g/mol. The third-order valence-electron chi connectivity index (χ3n) is 3.73. The van der Waals surface area contributed by atoms with Crippen LogP contribution in [0.1, 0.15) is 5.82 Å². The van der Waals surface area contributed by atoms with Crippen molar-refractivity contribution < 1.29 is 9.90 Å². The molecule has 6 nitrogen and oxygen atoms in total. The van der Waals surface area contributed by atoms with E-state index < -0.39 is 5.97 Å².